The first-order valence-electron chi connectivity index (χ1n) is 7.76. The van der Waals surface area contributed by atoms with Crippen molar-refractivity contribution in [1.82, 2.24) is 20.2 Å². The van der Waals surface area contributed by atoms with Gasteiger partial charge in [-0.3, -0.25) is 9.59 Å². The Balaban J connectivity index is 1.74. The molecule has 0 bridgehead atoms. The molecule has 120 valence electrons. The van der Waals surface area contributed by atoms with E-state index < -0.39 is 11.5 Å². The van der Waals surface area contributed by atoms with Gasteiger partial charge in [-0.05, 0) is 26.2 Å². The Morgan fingerprint density at radius 1 is 1.59 bits per heavy atom. The SMILES string of the molecule is Cc1[nH]cnc1CC(=O)N1CC[C@H](O)[C@@]2(CCCNC2=O)C1. The van der Waals surface area contributed by atoms with Gasteiger partial charge in [0.25, 0.3) is 0 Å². The van der Waals surface area contributed by atoms with Crippen LogP contribution in [0.2, 0.25) is 0 Å². The molecule has 2 amide bonds. The van der Waals surface area contributed by atoms with E-state index in [1.54, 1.807) is 11.2 Å². The number of H-pyrrole nitrogens is 1. The van der Waals surface area contributed by atoms with Crippen LogP contribution in [0.3, 0.4) is 0 Å². The minimum atomic E-state index is -0.840. The number of aliphatic hydroxyl groups is 1. The highest BCUT2D eigenvalue weighted by molar-refractivity contribution is 5.86. The minimum absolute atomic E-state index is 0.0418. The van der Waals surface area contributed by atoms with E-state index >= 15 is 0 Å². The van der Waals surface area contributed by atoms with E-state index in [-0.39, 0.29) is 18.2 Å². The third-order valence-corrected chi connectivity index (χ3v) is 4.93. The summed E-state index contributed by atoms with van der Waals surface area (Å²) in [5, 5.41) is 13.2. The Morgan fingerprint density at radius 3 is 3.09 bits per heavy atom. The molecule has 1 spiro atoms. The number of imidazole rings is 1. The van der Waals surface area contributed by atoms with Crippen molar-refractivity contribution in [3.05, 3.63) is 17.7 Å². The van der Waals surface area contributed by atoms with Gasteiger partial charge < -0.3 is 20.3 Å². The molecule has 3 heterocycles. The number of aliphatic hydroxyl groups excluding tert-OH is 1. The van der Waals surface area contributed by atoms with Crippen LogP contribution < -0.4 is 5.32 Å². The number of hydrogen-bond donors (Lipinski definition) is 3. The molecule has 0 radical (unpaired) electrons. The average molecular weight is 306 g/mol. The van der Waals surface area contributed by atoms with Gasteiger partial charge in [-0.1, -0.05) is 0 Å². The standard InChI is InChI=1S/C15H22N4O3/c1-10-11(18-9-17-10)7-13(21)19-6-3-12(20)15(8-19)4-2-5-16-14(15)22/h9,12,20H,2-8H2,1H3,(H,16,22)(H,17,18)/t12-,15+/m0/s1. The highest BCUT2D eigenvalue weighted by Gasteiger charge is 2.50. The summed E-state index contributed by atoms with van der Waals surface area (Å²) in [4.78, 5) is 33.6. The number of likely N-dealkylation sites (tertiary alicyclic amines) is 1. The monoisotopic (exact) mass is 306 g/mol. The normalized spacial score (nSPS) is 28.7. The third-order valence-electron chi connectivity index (χ3n) is 4.93. The molecule has 3 rings (SSSR count). The lowest BCUT2D eigenvalue weighted by molar-refractivity contribution is -0.154. The van der Waals surface area contributed by atoms with E-state index in [1.807, 2.05) is 6.92 Å². The molecule has 2 aliphatic rings. The van der Waals surface area contributed by atoms with Gasteiger partial charge in [0, 0.05) is 25.3 Å². The van der Waals surface area contributed by atoms with Crippen molar-refractivity contribution in [2.45, 2.75) is 38.7 Å². The maximum absolute atomic E-state index is 12.5. The van der Waals surface area contributed by atoms with Gasteiger partial charge in [0.1, 0.15) is 0 Å². The fourth-order valence-electron chi connectivity index (χ4n) is 3.48. The van der Waals surface area contributed by atoms with Crippen molar-refractivity contribution in [2.24, 2.45) is 5.41 Å². The Morgan fingerprint density at radius 2 is 2.41 bits per heavy atom. The molecule has 22 heavy (non-hydrogen) atoms. The minimum Gasteiger partial charge on any atom is -0.392 e. The van der Waals surface area contributed by atoms with Gasteiger partial charge in [-0.15, -0.1) is 0 Å². The summed E-state index contributed by atoms with van der Waals surface area (Å²) >= 11 is 0. The molecular weight excluding hydrogens is 284 g/mol. The van der Waals surface area contributed by atoms with E-state index in [0.29, 0.717) is 32.5 Å². The van der Waals surface area contributed by atoms with Crippen molar-refractivity contribution in [1.29, 1.82) is 0 Å². The summed E-state index contributed by atoms with van der Waals surface area (Å²) in [6.07, 6.45) is 3.04. The zero-order valence-corrected chi connectivity index (χ0v) is 12.8. The van der Waals surface area contributed by atoms with Crippen molar-refractivity contribution < 1.29 is 14.7 Å². The number of aryl methyl sites for hydroxylation is 1. The molecule has 0 aliphatic carbocycles. The Labute approximate surface area is 129 Å². The number of nitrogens with one attached hydrogen (secondary N) is 2. The first-order valence-corrected chi connectivity index (χ1v) is 7.76. The Hall–Kier alpha value is -1.89. The quantitative estimate of drug-likeness (QED) is 0.702. The van der Waals surface area contributed by atoms with Gasteiger partial charge in [-0.25, -0.2) is 4.98 Å². The number of aromatic nitrogens is 2. The summed E-state index contributed by atoms with van der Waals surface area (Å²) in [6, 6.07) is 0. The molecule has 1 aromatic rings. The molecule has 0 saturated carbocycles. The molecule has 1 aromatic heterocycles. The van der Waals surface area contributed by atoms with Crippen molar-refractivity contribution in [3.8, 4) is 0 Å². The van der Waals surface area contributed by atoms with Crippen molar-refractivity contribution in [2.75, 3.05) is 19.6 Å². The first kappa shape index (κ1) is 15.0. The van der Waals surface area contributed by atoms with Crippen LogP contribution in [0.1, 0.15) is 30.7 Å². The van der Waals surface area contributed by atoms with Crippen LogP contribution in [-0.4, -0.2) is 57.5 Å². The smallest absolute Gasteiger partial charge is 0.230 e. The summed E-state index contributed by atoms with van der Waals surface area (Å²) < 4.78 is 0. The van der Waals surface area contributed by atoms with Crippen LogP contribution >= 0.6 is 0 Å². The second-order valence-corrected chi connectivity index (χ2v) is 6.29. The molecule has 2 atom stereocenters. The van der Waals surface area contributed by atoms with Gasteiger partial charge in [0.2, 0.25) is 11.8 Å². The summed E-state index contributed by atoms with van der Waals surface area (Å²) in [7, 11) is 0. The number of carbonyl (C=O) groups is 2. The molecule has 2 saturated heterocycles. The number of rotatable bonds is 2. The molecule has 7 nitrogen and oxygen atoms in total. The summed E-state index contributed by atoms with van der Waals surface area (Å²) in [6.45, 7) is 3.31. The van der Waals surface area contributed by atoms with Gasteiger partial charge >= 0.3 is 0 Å². The van der Waals surface area contributed by atoms with Crippen LogP contribution in [0.5, 0.6) is 0 Å². The maximum atomic E-state index is 12.5. The predicted molar refractivity (Wildman–Crippen MR) is 78.9 cm³/mol. The second-order valence-electron chi connectivity index (χ2n) is 6.29. The van der Waals surface area contributed by atoms with E-state index in [4.69, 9.17) is 0 Å². The molecule has 3 N–H and O–H groups in total. The fraction of sp³-hybridized carbons (Fsp3) is 0.667. The predicted octanol–water partition coefficient (Wildman–Crippen LogP) is -0.250. The first-order chi connectivity index (χ1) is 10.5. The van der Waals surface area contributed by atoms with E-state index in [9.17, 15) is 14.7 Å². The molecule has 0 unspecified atom stereocenters. The van der Waals surface area contributed by atoms with Gasteiger partial charge in [0.15, 0.2) is 0 Å². The van der Waals surface area contributed by atoms with Gasteiger partial charge in [0.05, 0.1) is 30.0 Å². The molecular formula is C15H22N4O3. The van der Waals surface area contributed by atoms with Crippen LogP contribution in [0, 0.1) is 12.3 Å². The van der Waals surface area contributed by atoms with Crippen LogP contribution in [0.25, 0.3) is 0 Å². The van der Waals surface area contributed by atoms with E-state index in [2.05, 4.69) is 15.3 Å². The number of aromatic amines is 1. The van der Waals surface area contributed by atoms with E-state index in [0.717, 1.165) is 17.8 Å². The van der Waals surface area contributed by atoms with Crippen molar-refractivity contribution >= 4 is 11.8 Å². The number of amides is 2. The molecule has 0 aromatic carbocycles. The highest BCUT2D eigenvalue weighted by Crippen LogP contribution is 2.37. The second kappa shape index (κ2) is 5.72. The topological polar surface area (TPSA) is 98.3 Å². The van der Waals surface area contributed by atoms with E-state index in [1.165, 1.54) is 0 Å². The number of nitrogens with zero attached hydrogens (tertiary/aromatic N) is 2. The lowest BCUT2D eigenvalue weighted by atomic mass is 9.71. The lowest BCUT2D eigenvalue weighted by Crippen LogP contribution is -2.62. The zero-order chi connectivity index (χ0) is 15.7. The summed E-state index contributed by atoms with van der Waals surface area (Å²) in [5.41, 5.74) is 0.779. The number of hydrogen-bond acceptors (Lipinski definition) is 4. The largest absolute Gasteiger partial charge is 0.392 e. The third kappa shape index (κ3) is 2.49. The molecule has 2 fully saturated rings. The zero-order valence-electron chi connectivity index (χ0n) is 12.8. The summed E-state index contributed by atoms with van der Waals surface area (Å²) in [5.74, 6) is -0.167. The van der Waals surface area contributed by atoms with Crippen LogP contribution in [0.4, 0.5) is 0 Å². The fourth-order valence-corrected chi connectivity index (χ4v) is 3.48. The van der Waals surface area contributed by atoms with Crippen LogP contribution in [0.15, 0.2) is 6.33 Å². The number of carbonyl (C=O) groups excluding carboxylic acids is 2. The Bertz CT molecular complexity index is 585. The van der Waals surface area contributed by atoms with Crippen molar-refractivity contribution in [3.63, 3.8) is 0 Å². The lowest BCUT2D eigenvalue weighted by Gasteiger charge is -2.46. The van der Waals surface area contributed by atoms with Gasteiger partial charge in [-0.2, -0.15) is 0 Å². The highest BCUT2D eigenvalue weighted by atomic mass is 16.3. The molecule has 2 aliphatic heterocycles. The average Bonchev–Trinajstić information content (AvgIpc) is 2.90. The molecule has 7 heteroatoms. The maximum Gasteiger partial charge on any atom is 0.230 e. The Kier molecular flexibility index (Phi) is 3.90. The number of piperidine rings is 2. The van der Waals surface area contributed by atoms with Crippen LogP contribution in [-0.2, 0) is 16.0 Å².